The topological polar surface area (TPSA) is 26.3 Å². The van der Waals surface area contributed by atoms with Crippen LogP contribution in [0.1, 0.15) is 17.3 Å². The SMILES string of the molecule is CSc1cccc(OC(F)F)c1C(=O)C(C)Br. The lowest BCUT2D eigenvalue weighted by Crippen LogP contribution is -2.15. The molecule has 1 rings (SSSR count). The van der Waals surface area contributed by atoms with Crippen molar-refractivity contribution >= 4 is 33.5 Å². The number of hydrogen-bond acceptors (Lipinski definition) is 3. The second kappa shape index (κ2) is 6.35. The highest BCUT2D eigenvalue weighted by molar-refractivity contribution is 9.10. The Kier molecular flexibility index (Phi) is 5.39. The minimum atomic E-state index is -2.94. The van der Waals surface area contributed by atoms with Gasteiger partial charge in [-0.3, -0.25) is 4.79 Å². The lowest BCUT2D eigenvalue weighted by atomic mass is 10.1. The van der Waals surface area contributed by atoms with Crippen LogP contribution in [0.25, 0.3) is 0 Å². The average Bonchev–Trinajstić information content (AvgIpc) is 2.26. The van der Waals surface area contributed by atoms with Crippen molar-refractivity contribution in [3.05, 3.63) is 23.8 Å². The molecule has 17 heavy (non-hydrogen) atoms. The Labute approximate surface area is 111 Å². The smallest absolute Gasteiger partial charge is 0.387 e. The van der Waals surface area contributed by atoms with Crippen LogP contribution >= 0.6 is 27.7 Å². The Morgan fingerprint density at radius 3 is 2.59 bits per heavy atom. The van der Waals surface area contributed by atoms with Crippen molar-refractivity contribution in [1.82, 2.24) is 0 Å². The third kappa shape index (κ3) is 3.67. The predicted octanol–water partition coefficient (Wildman–Crippen LogP) is 3.98. The molecule has 6 heteroatoms. The molecule has 94 valence electrons. The van der Waals surface area contributed by atoms with Crippen LogP contribution in [-0.2, 0) is 0 Å². The third-order valence-electron chi connectivity index (χ3n) is 2.03. The highest BCUT2D eigenvalue weighted by atomic mass is 79.9. The summed E-state index contributed by atoms with van der Waals surface area (Å²) in [4.78, 5) is 12.1. The van der Waals surface area contributed by atoms with Crippen molar-refractivity contribution in [3.8, 4) is 5.75 Å². The molecule has 0 aromatic heterocycles. The summed E-state index contributed by atoms with van der Waals surface area (Å²) in [5.41, 5.74) is 0.199. The van der Waals surface area contributed by atoms with E-state index in [9.17, 15) is 13.6 Å². The van der Waals surface area contributed by atoms with Crippen molar-refractivity contribution in [1.29, 1.82) is 0 Å². The van der Waals surface area contributed by atoms with Crippen LogP contribution in [0.2, 0.25) is 0 Å². The monoisotopic (exact) mass is 324 g/mol. The number of alkyl halides is 3. The lowest BCUT2D eigenvalue weighted by molar-refractivity contribution is -0.0502. The van der Waals surface area contributed by atoms with Crippen LogP contribution in [0, 0.1) is 0 Å². The van der Waals surface area contributed by atoms with Gasteiger partial charge < -0.3 is 4.74 Å². The number of rotatable bonds is 5. The normalized spacial score (nSPS) is 12.6. The molecule has 1 aromatic rings. The summed E-state index contributed by atoms with van der Waals surface area (Å²) in [5.74, 6) is -0.353. The fourth-order valence-corrected chi connectivity index (χ4v) is 2.17. The zero-order valence-electron chi connectivity index (χ0n) is 9.25. The highest BCUT2D eigenvalue weighted by Gasteiger charge is 2.22. The van der Waals surface area contributed by atoms with Crippen LogP contribution in [0.4, 0.5) is 8.78 Å². The van der Waals surface area contributed by atoms with Crippen molar-refractivity contribution in [2.75, 3.05) is 6.26 Å². The molecule has 0 saturated heterocycles. The summed E-state index contributed by atoms with van der Waals surface area (Å²) in [6, 6.07) is 4.65. The van der Waals surface area contributed by atoms with E-state index in [1.54, 1.807) is 25.3 Å². The Balaban J connectivity index is 3.25. The summed E-state index contributed by atoms with van der Waals surface area (Å²) >= 11 is 4.45. The van der Waals surface area contributed by atoms with Gasteiger partial charge in [0.05, 0.1) is 10.4 Å². The Morgan fingerprint density at radius 2 is 2.12 bits per heavy atom. The summed E-state index contributed by atoms with van der Waals surface area (Å²) in [7, 11) is 0. The molecule has 0 aliphatic rings. The fraction of sp³-hybridized carbons (Fsp3) is 0.364. The van der Waals surface area contributed by atoms with Gasteiger partial charge in [0.25, 0.3) is 0 Å². The van der Waals surface area contributed by atoms with Crippen molar-refractivity contribution in [2.45, 2.75) is 23.3 Å². The van der Waals surface area contributed by atoms with Crippen LogP contribution < -0.4 is 4.74 Å². The van der Waals surface area contributed by atoms with Gasteiger partial charge in [-0.05, 0) is 25.3 Å². The number of benzene rings is 1. The fourth-order valence-electron chi connectivity index (χ4n) is 1.32. The van der Waals surface area contributed by atoms with Gasteiger partial charge in [-0.1, -0.05) is 22.0 Å². The quantitative estimate of drug-likeness (QED) is 0.465. The minimum absolute atomic E-state index is 0.0804. The van der Waals surface area contributed by atoms with E-state index < -0.39 is 11.4 Å². The Hall–Kier alpha value is -0.620. The zero-order valence-corrected chi connectivity index (χ0v) is 11.6. The number of carbonyl (C=O) groups is 1. The molecule has 0 heterocycles. The zero-order chi connectivity index (χ0) is 13.0. The van der Waals surface area contributed by atoms with E-state index in [0.717, 1.165) is 0 Å². The molecule has 0 saturated carbocycles. The Morgan fingerprint density at radius 1 is 1.47 bits per heavy atom. The second-order valence-electron chi connectivity index (χ2n) is 3.19. The van der Waals surface area contributed by atoms with E-state index in [-0.39, 0.29) is 17.1 Å². The Bertz CT molecular complexity index is 410. The van der Waals surface area contributed by atoms with E-state index in [4.69, 9.17) is 0 Å². The number of thioether (sulfide) groups is 1. The maximum atomic E-state index is 12.2. The number of hydrogen-bond donors (Lipinski definition) is 0. The molecule has 0 bridgehead atoms. The first kappa shape index (κ1) is 14.4. The van der Waals surface area contributed by atoms with Crippen molar-refractivity contribution < 1.29 is 18.3 Å². The average molecular weight is 325 g/mol. The van der Waals surface area contributed by atoms with Gasteiger partial charge in [-0.15, -0.1) is 11.8 Å². The van der Waals surface area contributed by atoms with Gasteiger partial charge in [0, 0.05) is 4.90 Å². The van der Waals surface area contributed by atoms with E-state index in [2.05, 4.69) is 20.7 Å². The number of carbonyl (C=O) groups excluding carboxylic acids is 1. The summed E-state index contributed by atoms with van der Waals surface area (Å²) in [6.45, 7) is -1.30. The third-order valence-corrected chi connectivity index (χ3v) is 3.23. The molecule has 0 N–H and O–H groups in total. The standard InChI is InChI=1S/C11H11BrF2O2S/c1-6(12)10(15)9-7(16-11(13)14)4-3-5-8(9)17-2/h3-6,11H,1-2H3. The maximum Gasteiger partial charge on any atom is 0.387 e. The molecule has 0 aliphatic carbocycles. The summed E-state index contributed by atoms with van der Waals surface area (Å²) < 4.78 is 28.9. The second-order valence-corrected chi connectivity index (χ2v) is 5.41. The van der Waals surface area contributed by atoms with E-state index in [1.807, 2.05) is 0 Å². The molecule has 0 aliphatic heterocycles. The molecule has 2 nitrogen and oxygen atoms in total. The molecule has 1 atom stereocenters. The predicted molar refractivity (Wildman–Crippen MR) is 67.6 cm³/mol. The van der Waals surface area contributed by atoms with Crippen LogP contribution in [0.5, 0.6) is 5.75 Å². The van der Waals surface area contributed by atoms with Gasteiger partial charge in [-0.25, -0.2) is 0 Å². The largest absolute Gasteiger partial charge is 0.434 e. The number of Topliss-reactive ketones (excluding diaryl/α,β-unsaturated/α-hetero) is 1. The molecule has 0 spiro atoms. The maximum absolute atomic E-state index is 12.2. The molecule has 0 amide bonds. The van der Waals surface area contributed by atoms with Crippen LogP contribution in [0.3, 0.4) is 0 Å². The first-order chi connectivity index (χ1) is 7.97. The van der Waals surface area contributed by atoms with Gasteiger partial charge in [-0.2, -0.15) is 8.78 Å². The molecular weight excluding hydrogens is 314 g/mol. The van der Waals surface area contributed by atoms with Gasteiger partial charge in [0.2, 0.25) is 0 Å². The van der Waals surface area contributed by atoms with E-state index in [0.29, 0.717) is 4.90 Å². The van der Waals surface area contributed by atoms with Crippen LogP contribution in [0.15, 0.2) is 23.1 Å². The molecule has 0 fully saturated rings. The molecular formula is C11H11BrF2O2S. The van der Waals surface area contributed by atoms with Crippen molar-refractivity contribution in [2.24, 2.45) is 0 Å². The lowest BCUT2D eigenvalue weighted by Gasteiger charge is -2.14. The first-order valence-electron chi connectivity index (χ1n) is 4.77. The minimum Gasteiger partial charge on any atom is -0.434 e. The van der Waals surface area contributed by atoms with Crippen LogP contribution in [-0.4, -0.2) is 23.5 Å². The van der Waals surface area contributed by atoms with Crippen molar-refractivity contribution in [3.63, 3.8) is 0 Å². The van der Waals surface area contributed by atoms with E-state index >= 15 is 0 Å². The van der Waals surface area contributed by atoms with Gasteiger partial charge >= 0.3 is 6.61 Å². The molecule has 1 aromatic carbocycles. The van der Waals surface area contributed by atoms with Gasteiger partial charge in [0.15, 0.2) is 5.78 Å². The number of ketones is 1. The van der Waals surface area contributed by atoms with Gasteiger partial charge in [0.1, 0.15) is 5.75 Å². The molecule has 1 unspecified atom stereocenters. The summed E-state index contributed by atoms with van der Waals surface area (Å²) in [6.07, 6.45) is 1.77. The number of ether oxygens (including phenoxy) is 1. The summed E-state index contributed by atoms with van der Waals surface area (Å²) in [5, 5.41) is 0. The highest BCUT2D eigenvalue weighted by Crippen LogP contribution is 2.32. The first-order valence-corrected chi connectivity index (χ1v) is 6.91. The molecule has 0 radical (unpaired) electrons. The number of halogens is 3. The van der Waals surface area contributed by atoms with E-state index in [1.165, 1.54) is 17.8 Å².